The molecule has 144 valence electrons. The van der Waals surface area contributed by atoms with E-state index in [9.17, 15) is 9.59 Å². The molecule has 1 amide bonds. The molecule has 7 nitrogen and oxygen atoms in total. The van der Waals surface area contributed by atoms with Crippen molar-refractivity contribution in [2.24, 2.45) is 5.10 Å². The van der Waals surface area contributed by atoms with Gasteiger partial charge in [-0.3, -0.25) is 4.79 Å². The van der Waals surface area contributed by atoms with Crippen LogP contribution in [0, 0.1) is 0 Å². The van der Waals surface area contributed by atoms with Crippen LogP contribution < -0.4 is 5.43 Å². The summed E-state index contributed by atoms with van der Waals surface area (Å²) in [6, 6.07) is 16.7. The predicted molar refractivity (Wildman–Crippen MR) is 109 cm³/mol. The lowest BCUT2D eigenvalue weighted by molar-refractivity contribution is 0.0696. The second-order valence-corrected chi connectivity index (χ2v) is 6.58. The van der Waals surface area contributed by atoms with Crippen LogP contribution >= 0.6 is 11.6 Å². The van der Waals surface area contributed by atoms with Crippen LogP contribution in [-0.4, -0.2) is 27.8 Å². The maximum Gasteiger partial charge on any atom is 0.335 e. The quantitative estimate of drug-likeness (QED) is 0.380. The summed E-state index contributed by atoms with van der Waals surface area (Å²) >= 11 is 5.94. The number of hydrogen-bond acceptors (Lipinski definition) is 4. The highest BCUT2D eigenvalue weighted by Crippen LogP contribution is 2.23. The van der Waals surface area contributed by atoms with Gasteiger partial charge in [-0.15, -0.1) is 0 Å². The fraction of sp³-hybridized carbons (Fsp3) is 0. The van der Waals surface area contributed by atoms with Crippen LogP contribution in [0.1, 0.15) is 26.6 Å². The second kappa shape index (κ2) is 7.65. The Labute approximate surface area is 169 Å². The number of aromatic nitrogens is 1. The van der Waals surface area contributed by atoms with Crippen molar-refractivity contribution in [1.29, 1.82) is 0 Å². The van der Waals surface area contributed by atoms with Gasteiger partial charge in [0.15, 0.2) is 5.76 Å². The number of benzene rings is 2. The van der Waals surface area contributed by atoms with Gasteiger partial charge < -0.3 is 14.1 Å². The molecule has 2 aromatic carbocycles. The van der Waals surface area contributed by atoms with Crippen LogP contribution in [0.4, 0.5) is 0 Å². The number of nitrogens with one attached hydrogen (secondary N) is 1. The third-order valence-corrected chi connectivity index (χ3v) is 4.47. The van der Waals surface area contributed by atoms with Crippen molar-refractivity contribution < 1.29 is 19.1 Å². The van der Waals surface area contributed by atoms with E-state index in [1.807, 2.05) is 22.9 Å². The Kier molecular flexibility index (Phi) is 4.88. The number of carbonyl (C=O) groups excluding carboxylic acids is 1. The monoisotopic (exact) mass is 407 g/mol. The topological polar surface area (TPSA) is 96.8 Å². The van der Waals surface area contributed by atoms with Crippen molar-refractivity contribution in [2.75, 3.05) is 0 Å². The normalized spacial score (nSPS) is 11.2. The molecule has 0 spiro atoms. The van der Waals surface area contributed by atoms with Gasteiger partial charge in [-0.25, -0.2) is 10.2 Å². The summed E-state index contributed by atoms with van der Waals surface area (Å²) in [6.45, 7) is 0. The van der Waals surface area contributed by atoms with E-state index in [1.165, 1.54) is 18.3 Å². The second-order valence-electron chi connectivity index (χ2n) is 6.15. The molecule has 0 aliphatic heterocycles. The number of carboxylic acid groups (broad SMARTS) is 1. The summed E-state index contributed by atoms with van der Waals surface area (Å²) in [5.41, 5.74) is 4.65. The molecule has 2 aromatic heterocycles. The molecule has 29 heavy (non-hydrogen) atoms. The largest absolute Gasteiger partial charge is 0.478 e. The number of halogens is 1. The molecule has 0 bridgehead atoms. The molecular formula is C21H14ClN3O4. The molecule has 0 radical (unpaired) electrons. The van der Waals surface area contributed by atoms with Crippen molar-refractivity contribution in [1.82, 2.24) is 9.99 Å². The molecule has 4 rings (SSSR count). The molecule has 0 unspecified atom stereocenters. The van der Waals surface area contributed by atoms with Gasteiger partial charge in [-0.05, 0) is 60.7 Å². The minimum Gasteiger partial charge on any atom is -0.478 e. The van der Waals surface area contributed by atoms with E-state index in [1.54, 1.807) is 36.4 Å². The summed E-state index contributed by atoms with van der Waals surface area (Å²) in [4.78, 5) is 23.2. The molecule has 2 heterocycles. The van der Waals surface area contributed by atoms with Gasteiger partial charge in [0.1, 0.15) is 5.58 Å². The first-order valence-corrected chi connectivity index (χ1v) is 8.93. The predicted octanol–water partition coefficient (Wildman–Crippen LogP) is 4.34. The first-order chi connectivity index (χ1) is 14.0. The molecular weight excluding hydrogens is 394 g/mol. The van der Waals surface area contributed by atoms with Crippen molar-refractivity contribution >= 4 is 40.7 Å². The molecule has 0 atom stereocenters. The van der Waals surface area contributed by atoms with Crippen molar-refractivity contribution in [3.63, 3.8) is 0 Å². The van der Waals surface area contributed by atoms with Crippen LogP contribution in [0.3, 0.4) is 0 Å². The number of rotatable bonds is 5. The van der Waals surface area contributed by atoms with Gasteiger partial charge in [0.2, 0.25) is 0 Å². The van der Waals surface area contributed by atoms with Crippen LogP contribution in [0.5, 0.6) is 0 Å². The fourth-order valence-corrected chi connectivity index (χ4v) is 3.02. The van der Waals surface area contributed by atoms with Crippen molar-refractivity contribution in [2.45, 2.75) is 0 Å². The lowest BCUT2D eigenvalue weighted by atomic mass is 10.2. The molecule has 0 saturated heterocycles. The molecule has 8 heteroatoms. The SMILES string of the molecule is O=C(O)c1ccc(-n2cccc2/C=N\NC(=O)c2cc3cc(Cl)ccc3o2)cc1. The van der Waals surface area contributed by atoms with Crippen molar-refractivity contribution in [3.05, 3.63) is 88.9 Å². The van der Waals surface area contributed by atoms with E-state index in [0.29, 0.717) is 16.3 Å². The summed E-state index contributed by atoms with van der Waals surface area (Å²) in [5.74, 6) is -1.35. The van der Waals surface area contributed by atoms with E-state index in [2.05, 4.69) is 10.5 Å². The van der Waals surface area contributed by atoms with Gasteiger partial charge in [0, 0.05) is 22.3 Å². The highest BCUT2D eigenvalue weighted by molar-refractivity contribution is 6.31. The summed E-state index contributed by atoms with van der Waals surface area (Å²) in [7, 11) is 0. The minimum atomic E-state index is -0.985. The van der Waals surface area contributed by atoms with Gasteiger partial charge in [-0.1, -0.05) is 11.6 Å². The number of fused-ring (bicyclic) bond motifs is 1. The maximum atomic E-state index is 12.3. The molecule has 0 aliphatic rings. The molecule has 0 fully saturated rings. The third kappa shape index (κ3) is 3.90. The van der Waals surface area contributed by atoms with Crippen molar-refractivity contribution in [3.8, 4) is 5.69 Å². The summed E-state index contributed by atoms with van der Waals surface area (Å²) in [6.07, 6.45) is 3.30. The third-order valence-electron chi connectivity index (χ3n) is 4.24. The fourth-order valence-electron chi connectivity index (χ4n) is 2.84. The van der Waals surface area contributed by atoms with Gasteiger partial charge in [0.25, 0.3) is 0 Å². The number of hydrogen-bond donors (Lipinski definition) is 2. The van der Waals surface area contributed by atoms with Gasteiger partial charge in [0.05, 0.1) is 17.5 Å². The lowest BCUT2D eigenvalue weighted by Crippen LogP contribution is -2.17. The number of furan rings is 1. The Morgan fingerprint density at radius 3 is 2.66 bits per heavy atom. The molecule has 0 aliphatic carbocycles. The zero-order chi connectivity index (χ0) is 20.4. The maximum absolute atomic E-state index is 12.3. The zero-order valence-corrected chi connectivity index (χ0v) is 15.6. The van der Waals surface area contributed by atoms with Crippen LogP contribution in [0.2, 0.25) is 5.02 Å². The highest BCUT2D eigenvalue weighted by atomic mass is 35.5. The van der Waals surface area contributed by atoms with E-state index in [4.69, 9.17) is 21.1 Å². The van der Waals surface area contributed by atoms with Crippen LogP contribution in [0.15, 0.2) is 76.4 Å². The average molecular weight is 408 g/mol. The molecule has 2 N–H and O–H groups in total. The summed E-state index contributed by atoms with van der Waals surface area (Å²) in [5, 5.41) is 14.3. The Balaban J connectivity index is 1.49. The van der Waals surface area contributed by atoms with Gasteiger partial charge >= 0.3 is 11.9 Å². The van der Waals surface area contributed by atoms with Gasteiger partial charge in [-0.2, -0.15) is 5.10 Å². The Morgan fingerprint density at radius 2 is 1.90 bits per heavy atom. The number of aromatic carboxylic acids is 1. The van der Waals surface area contributed by atoms with Crippen LogP contribution in [-0.2, 0) is 0 Å². The first kappa shape index (κ1) is 18.5. The number of hydrazone groups is 1. The standard InChI is InChI=1S/C21H14ClN3O4/c22-15-5-8-18-14(10-15)11-19(29-18)20(26)24-23-12-17-2-1-9-25(17)16-6-3-13(4-7-16)21(27)28/h1-12H,(H,24,26)(H,27,28)/b23-12-. The van der Waals surface area contributed by atoms with E-state index >= 15 is 0 Å². The molecule has 0 saturated carbocycles. The smallest absolute Gasteiger partial charge is 0.335 e. The zero-order valence-electron chi connectivity index (χ0n) is 14.9. The van der Waals surface area contributed by atoms with E-state index in [-0.39, 0.29) is 11.3 Å². The van der Waals surface area contributed by atoms with E-state index in [0.717, 1.165) is 11.1 Å². The Hall–Kier alpha value is -3.84. The first-order valence-electron chi connectivity index (χ1n) is 8.55. The minimum absolute atomic E-state index is 0.124. The number of nitrogens with zero attached hydrogens (tertiary/aromatic N) is 2. The molecule has 4 aromatic rings. The Bertz CT molecular complexity index is 1240. The number of amides is 1. The number of carboxylic acids is 1. The van der Waals surface area contributed by atoms with E-state index < -0.39 is 11.9 Å². The highest BCUT2D eigenvalue weighted by Gasteiger charge is 2.12. The summed E-state index contributed by atoms with van der Waals surface area (Å²) < 4.78 is 7.31. The van der Waals surface area contributed by atoms with Crippen LogP contribution in [0.25, 0.3) is 16.7 Å². The number of carbonyl (C=O) groups is 2. The lowest BCUT2D eigenvalue weighted by Gasteiger charge is -2.06. The Morgan fingerprint density at radius 1 is 1.10 bits per heavy atom. The average Bonchev–Trinajstić information content (AvgIpc) is 3.34.